The molecule has 3 N–H and O–H groups in total. The maximum Gasteiger partial charge on any atom is 0.313 e. The first kappa shape index (κ1) is 19.2. The largest absolute Gasteiger partial charge is 0.394 e. The van der Waals surface area contributed by atoms with Crippen molar-refractivity contribution in [2.75, 3.05) is 11.9 Å². The second-order valence-electron chi connectivity index (χ2n) is 6.29. The minimum Gasteiger partial charge on any atom is -0.394 e. The molecule has 28 heavy (non-hydrogen) atoms. The van der Waals surface area contributed by atoms with Crippen LogP contribution in [-0.2, 0) is 22.6 Å². The van der Waals surface area contributed by atoms with Crippen molar-refractivity contribution in [1.82, 2.24) is 20.1 Å². The summed E-state index contributed by atoms with van der Waals surface area (Å²) >= 11 is 0. The molecule has 0 aliphatic rings. The number of rotatable bonds is 7. The molecule has 8 heteroatoms. The van der Waals surface area contributed by atoms with E-state index in [1.54, 1.807) is 23.1 Å². The molecule has 1 atom stereocenters. The van der Waals surface area contributed by atoms with Gasteiger partial charge in [0.05, 0.1) is 19.2 Å². The van der Waals surface area contributed by atoms with E-state index in [-0.39, 0.29) is 6.61 Å². The van der Waals surface area contributed by atoms with Crippen molar-refractivity contribution in [2.24, 2.45) is 0 Å². The Balaban J connectivity index is 1.52. The number of benzene rings is 2. The Morgan fingerprint density at radius 2 is 1.75 bits per heavy atom. The summed E-state index contributed by atoms with van der Waals surface area (Å²) in [6.07, 6.45) is 3.52. The van der Waals surface area contributed by atoms with E-state index < -0.39 is 17.9 Å². The van der Waals surface area contributed by atoms with E-state index in [4.69, 9.17) is 0 Å². The lowest BCUT2D eigenvalue weighted by atomic mass is 10.1. The zero-order valence-electron chi connectivity index (χ0n) is 15.2. The van der Waals surface area contributed by atoms with Crippen LogP contribution in [-0.4, -0.2) is 44.3 Å². The maximum atomic E-state index is 12.1. The van der Waals surface area contributed by atoms with Crippen LogP contribution in [0.5, 0.6) is 0 Å². The average molecular weight is 379 g/mol. The van der Waals surface area contributed by atoms with Gasteiger partial charge in [0.1, 0.15) is 12.7 Å². The molecule has 0 aliphatic carbocycles. The highest BCUT2D eigenvalue weighted by atomic mass is 16.3. The number of amides is 2. The predicted octanol–water partition coefficient (Wildman–Crippen LogP) is 0.985. The number of aromatic nitrogens is 3. The van der Waals surface area contributed by atoms with Crippen molar-refractivity contribution in [3.8, 4) is 0 Å². The monoisotopic (exact) mass is 379 g/mol. The van der Waals surface area contributed by atoms with Gasteiger partial charge in [-0.3, -0.25) is 9.59 Å². The Bertz CT molecular complexity index is 895. The molecule has 0 spiro atoms. The van der Waals surface area contributed by atoms with Gasteiger partial charge in [-0.25, -0.2) is 9.67 Å². The molecule has 0 unspecified atom stereocenters. The molecule has 3 rings (SSSR count). The lowest BCUT2D eigenvalue weighted by molar-refractivity contribution is -0.136. The lowest BCUT2D eigenvalue weighted by Crippen LogP contribution is -2.44. The third-order valence-corrected chi connectivity index (χ3v) is 4.11. The number of hydrogen-bond donors (Lipinski definition) is 3. The Hall–Kier alpha value is -3.52. The molecule has 0 bridgehead atoms. The Labute approximate surface area is 162 Å². The molecular weight excluding hydrogens is 358 g/mol. The summed E-state index contributed by atoms with van der Waals surface area (Å²) in [6, 6.07) is 16.0. The fourth-order valence-corrected chi connectivity index (χ4v) is 2.69. The van der Waals surface area contributed by atoms with E-state index in [1.807, 2.05) is 42.5 Å². The molecule has 0 aliphatic heterocycles. The van der Waals surface area contributed by atoms with Gasteiger partial charge in [0.2, 0.25) is 0 Å². The minimum absolute atomic E-state index is 0.259. The summed E-state index contributed by atoms with van der Waals surface area (Å²) in [5.41, 5.74) is 2.45. The molecule has 144 valence electrons. The molecule has 3 aromatic rings. The summed E-state index contributed by atoms with van der Waals surface area (Å²) in [5, 5.41) is 18.6. The van der Waals surface area contributed by atoms with Crippen molar-refractivity contribution < 1.29 is 14.7 Å². The molecule has 0 saturated carbocycles. The molecule has 1 heterocycles. The topological polar surface area (TPSA) is 109 Å². The summed E-state index contributed by atoms with van der Waals surface area (Å²) < 4.78 is 1.68. The second kappa shape index (κ2) is 9.43. The standard InChI is InChI=1S/C20H21N5O3/c26-12-18(10-15-4-2-1-3-5-15)24-20(28)19(27)23-17-8-6-16(7-9-17)11-25-14-21-13-22-25/h1-9,13-14,18,26H,10-12H2,(H,23,27)(H,24,28)/t18-/m0/s1. The Kier molecular flexibility index (Phi) is 6.48. The van der Waals surface area contributed by atoms with Crippen LogP contribution in [0.2, 0.25) is 0 Å². The molecule has 2 amide bonds. The van der Waals surface area contributed by atoms with Crippen molar-refractivity contribution in [2.45, 2.75) is 19.0 Å². The maximum absolute atomic E-state index is 12.1. The zero-order chi connectivity index (χ0) is 19.8. The molecule has 0 fully saturated rings. The zero-order valence-corrected chi connectivity index (χ0v) is 15.2. The van der Waals surface area contributed by atoms with Crippen molar-refractivity contribution in [3.05, 3.63) is 78.4 Å². The van der Waals surface area contributed by atoms with Gasteiger partial charge in [-0.1, -0.05) is 42.5 Å². The third-order valence-electron chi connectivity index (χ3n) is 4.11. The molecular formula is C20H21N5O3. The fraction of sp³-hybridized carbons (Fsp3) is 0.200. The first-order valence-corrected chi connectivity index (χ1v) is 8.82. The molecule has 0 saturated heterocycles. The van der Waals surface area contributed by atoms with Crippen molar-refractivity contribution in [1.29, 1.82) is 0 Å². The normalized spacial score (nSPS) is 11.6. The summed E-state index contributed by atoms with van der Waals surface area (Å²) in [7, 11) is 0. The quantitative estimate of drug-likeness (QED) is 0.530. The van der Waals surface area contributed by atoms with Crippen LogP contribution in [0.1, 0.15) is 11.1 Å². The van der Waals surface area contributed by atoms with Crippen LogP contribution in [0.4, 0.5) is 5.69 Å². The minimum atomic E-state index is -0.790. The number of hydrogen-bond acceptors (Lipinski definition) is 5. The average Bonchev–Trinajstić information content (AvgIpc) is 3.22. The van der Waals surface area contributed by atoms with Gasteiger partial charge in [-0.2, -0.15) is 5.10 Å². The van der Waals surface area contributed by atoms with E-state index in [0.717, 1.165) is 11.1 Å². The van der Waals surface area contributed by atoms with Gasteiger partial charge in [0, 0.05) is 5.69 Å². The first-order valence-electron chi connectivity index (χ1n) is 8.82. The van der Waals surface area contributed by atoms with Crippen LogP contribution < -0.4 is 10.6 Å². The van der Waals surface area contributed by atoms with Gasteiger partial charge >= 0.3 is 11.8 Å². The van der Waals surface area contributed by atoms with E-state index >= 15 is 0 Å². The number of anilines is 1. The van der Waals surface area contributed by atoms with Crippen LogP contribution in [0.3, 0.4) is 0 Å². The first-order chi connectivity index (χ1) is 13.6. The number of aliphatic hydroxyl groups is 1. The van der Waals surface area contributed by atoms with Gasteiger partial charge in [0.15, 0.2) is 0 Å². The van der Waals surface area contributed by atoms with Gasteiger partial charge in [-0.15, -0.1) is 0 Å². The Morgan fingerprint density at radius 1 is 1.00 bits per heavy atom. The van der Waals surface area contributed by atoms with Crippen LogP contribution >= 0.6 is 0 Å². The highest BCUT2D eigenvalue weighted by Crippen LogP contribution is 2.10. The van der Waals surface area contributed by atoms with E-state index in [9.17, 15) is 14.7 Å². The number of carbonyl (C=O) groups is 2. The molecule has 2 aromatic carbocycles. The summed E-state index contributed by atoms with van der Waals surface area (Å²) in [4.78, 5) is 28.1. The van der Waals surface area contributed by atoms with Crippen molar-refractivity contribution in [3.63, 3.8) is 0 Å². The van der Waals surface area contributed by atoms with Crippen molar-refractivity contribution >= 4 is 17.5 Å². The van der Waals surface area contributed by atoms with Crippen LogP contribution in [0, 0.1) is 0 Å². The molecule has 8 nitrogen and oxygen atoms in total. The summed E-state index contributed by atoms with van der Waals surface area (Å²) in [6.45, 7) is 0.303. The van der Waals surface area contributed by atoms with Gasteiger partial charge < -0.3 is 15.7 Å². The second-order valence-corrected chi connectivity index (χ2v) is 6.29. The van der Waals surface area contributed by atoms with Crippen LogP contribution in [0.25, 0.3) is 0 Å². The SMILES string of the molecule is O=C(Nc1ccc(Cn2cncn2)cc1)C(=O)N[C@H](CO)Cc1ccccc1. The lowest BCUT2D eigenvalue weighted by Gasteiger charge is -2.16. The smallest absolute Gasteiger partial charge is 0.313 e. The third kappa shape index (κ3) is 5.49. The highest BCUT2D eigenvalue weighted by Gasteiger charge is 2.18. The van der Waals surface area contributed by atoms with E-state index in [1.165, 1.54) is 6.33 Å². The highest BCUT2D eigenvalue weighted by molar-refractivity contribution is 6.39. The Morgan fingerprint density at radius 3 is 2.39 bits per heavy atom. The fourth-order valence-electron chi connectivity index (χ4n) is 2.69. The number of carbonyl (C=O) groups excluding carboxylic acids is 2. The van der Waals surface area contributed by atoms with Gasteiger partial charge in [-0.05, 0) is 29.7 Å². The number of aliphatic hydroxyl groups excluding tert-OH is 1. The van der Waals surface area contributed by atoms with E-state index in [2.05, 4.69) is 20.7 Å². The van der Waals surface area contributed by atoms with Crippen LogP contribution in [0.15, 0.2) is 67.3 Å². The molecule has 1 aromatic heterocycles. The van der Waals surface area contributed by atoms with E-state index in [0.29, 0.717) is 18.7 Å². The summed E-state index contributed by atoms with van der Waals surface area (Å²) in [5.74, 6) is -1.57. The van der Waals surface area contributed by atoms with Gasteiger partial charge in [0.25, 0.3) is 0 Å². The molecule has 0 radical (unpaired) electrons. The number of nitrogens with one attached hydrogen (secondary N) is 2. The number of nitrogens with zero attached hydrogens (tertiary/aromatic N) is 3. The predicted molar refractivity (Wildman–Crippen MR) is 103 cm³/mol.